The summed E-state index contributed by atoms with van der Waals surface area (Å²) in [5.41, 5.74) is 8.82. The van der Waals surface area contributed by atoms with Crippen LogP contribution < -0.4 is 0 Å². The number of hydrogen-bond donors (Lipinski definition) is 0. The minimum Gasteiger partial charge on any atom is -0.278 e. The van der Waals surface area contributed by atoms with E-state index in [1.165, 1.54) is 49.2 Å². The van der Waals surface area contributed by atoms with Crippen LogP contribution in [0.25, 0.3) is 94.3 Å². The highest BCUT2D eigenvalue weighted by Crippen LogP contribution is 2.39. The lowest BCUT2D eigenvalue weighted by molar-refractivity contribution is 0.953. The summed E-state index contributed by atoms with van der Waals surface area (Å²) in [7, 11) is 0. The summed E-state index contributed by atoms with van der Waals surface area (Å²) in [5, 5.41) is 7.17. The normalized spacial score (nSPS) is 11.5. The summed E-state index contributed by atoms with van der Waals surface area (Å²) in [6.07, 6.45) is 0. The van der Waals surface area contributed by atoms with Crippen molar-refractivity contribution in [3.63, 3.8) is 0 Å². The third kappa shape index (κ3) is 5.04. The molecule has 4 nitrogen and oxygen atoms in total. The van der Waals surface area contributed by atoms with Gasteiger partial charge in [-0.05, 0) is 74.1 Å². The lowest BCUT2D eigenvalue weighted by atomic mass is 9.95. The van der Waals surface area contributed by atoms with Gasteiger partial charge in [0.15, 0.2) is 11.6 Å². The molecule has 0 bridgehead atoms. The molecule has 51 heavy (non-hydrogen) atoms. The van der Waals surface area contributed by atoms with Crippen LogP contribution >= 0.6 is 0 Å². The quantitative estimate of drug-likeness (QED) is 0.186. The number of rotatable bonds is 5. The average Bonchev–Trinajstić information content (AvgIpc) is 3.56. The highest BCUT2D eigenvalue weighted by atomic mass is 15.2. The van der Waals surface area contributed by atoms with E-state index in [9.17, 15) is 0 Å². The van der Waals surface area contributed by atoms with E-state index in [-0.39, 0.29) is 0 Å². The fourth-order valence-electron chi connectivity index (χ4n) is 7.32. The smallest absolute Gasteiger partial charge is 0.238 e. The standard InChI is InChI=1S/C47H30N4/c1-4-12-31(13-5-1)35-22-23-37-29-38(25-24-36(37)28-35)39-21-20-32-26-27-43-44(41(32)30-39)40-18-10-11-19-42(40)51(43)47-49-45(33-14-6-2-7-15-33)48-46(50-47)34-16-8-3-9-17-34/h1-30H. The van der Waals surface area contributed by atoms with Crippen LogP contribution in [-0.2, 0) is 0 Å². The maximum Gasteiger partial charge on any atom is 0.238 e. The number of para-hydroxylation sites is 1. The van der Waals surface area contributed by atoms with Gasteiger partial charge in [-0.25, -0.2) is 4.98 Å². The third-order valence-corrected chi connectivity index (χ3v) is 9.82. The summed E-state index contributed by atoms with van der Waals surface area (Å²) in [4.78, 5) is 15.2. The third-order valence-electron chi connectivity index (χ3n) is 9.82. The van der Waals surface area contributed by atoms with E-state index in [4.69, 9.17) is 15.0 Å². The zero-order valence-corrected chi connectivity index (χ0v) is 27.6. The van der Waals surface area contributed by atoms with Gasteiger partial charge in [-0.15, -0.1) is 0 Å². The molecule has 0 aliphatic carbocycles. The number of aromatic nitrogens is 4. The van der Waals surface area contributed by atoms with Crippen molar-refractivity contribution in [2.24, 2.45) is 0 Å². The van der Waals surface area contributed by atoms with Gasteiger partial charge >= 0.3 is 0 Å². The van der Waals surface area contributed by atoms with Crippen molar-refractivity contribution in [1.82, 2.24) is 19.5 Å². The minimum atomic E-state index is 0.591. The van der Waals surface area contributed by atoms with Crippen molar-refractivity contribution in [2.75, 3.05) is 0 Å². The molecule has 4 heteroatoms. The SMILES string of the molecule is c1ccc(-c2ccc3cc(-c4ccc5ccc6c(c5c4)c4ccccc4n6-c4nc(-c5ccccc5)nc(-c5ccccc5)n4)ccc3c2)cc1. The number of nitrogens with zero attached hydrogens (tertiary/aromatic N) is 4. The molecule has 0 fully saturated rings. The van der Waals surface area contributed by atoms with Gasteiger partial charge in [-0.3, -0.25) is 4.57 Å². The average molecular weight is 651 g/mol. The first-order valence-corrected chi connectivity index (χ1v) is 17.2. The molecule has 2 aromatic heterocycles. The minimum absolute atomic E-state index is 0.591. The molecule has 0 N–H and O–H groups in total. The Morgan fingerprint density at radius 1 is 0.314 bits per heavy atom. The Hall–Kier alpha value is -6.91. The Morgan fingerprint density at radius 3 is 1.43 bits per heavy atom. The second-order valence-corrected chi connectivity index (χ2v) is 12.9. The molecule has 0 saturated heterocycles. The van der Waals surface area contributed by atoms with E-state index in [0.717, 1.165) is 27.5 Å². The van der Waals surface area contributed by atoms with Crippen LogP contribution in [0, 0.1) is 0 Å². The molecule has 238 valence electrons. The molecule has 0 aliphatic heterocycles. The summed E-state index contributed by atoms with van der Waals surface area (Å²) in [6, 6.07) is 64.1. The van der Waals surface area contributed by atoms with Gasteiger partial charge < -0.3 is 0 Å². The lowest BCUT2D eigenvalue weighted by Gasteiger charge is -2.11. The first kappa shape index (κ1) is 29.0. The van der Waals surface area contributed by atoms with Gasteiger partial charge in [0, 0.05) is 21.9 Å². The van der Waals surface area contributed by atoms with Gasteiger partial charge in [0.1, 0.15) is 0 Å². The Balaban J connectivity index is 1.16. The summed E-state index contributed by atoms with van der Waals surface area (Å²) < 4.78 is 2.19. The summed E-state index contributed by atoms with van der Waals surface area (Å²) in [5.74, 6) is 1.87. The van der Waals surface area contributed by atoms with Crippen LogP contribution in [0.5, 0.6) is 0 Å². The molecule has 8 aromatic carbocycles. The fraction of sp³-hybridized carbons (Fsp3) is 0. The molecule has 0 amide bonds. The van der Waals surface area contributed by atoms with Crippen molar-refractivity contribution in [3.05, 3.63) is 182 Å². The highest BCUT2D eigenvalue weighted by Gasteiger charge is 2.19. The van der Waals surface area contributed by atoms with Crippen LogP contribution in [0.1, 0.15) is 0 Å². The molecule has 0 radical (unpaired) electrons. The molecule has 10 aromatic rings. The van der Waals surface area contributed by atoms with E-state index < -0.39 is 0 Å². The molecular weight excluding hydrogens is 621 g/mol. The van der Waals surface area contributed by atoms with Crippen molar-refractivity contribution in [1.29, 1.82) is 0 Å². The van der Waals surface area contributed by atoms with Crippen LogP contribution in [0.3, 0.4) is 0 Å². The van der Waals surface area contributed by atoms with Crippen LogP contribution in [0.15, 0.2) is 182 Å². The molecule has 0 saturated carbocycles. The van der Waals surface area contributed by atoms with E-state index in [1.807, 2.05) is 60.7 Å². The molecule has 0 aliphatic rings. The molecular formula is C47H30N4. The Kier molecular flexibility index (Phi) is 6.78. The number of hydrogen-bond acceptors (Lipinski definition) is 3. The summed E-state index contributed by atoms with van der Waals surface area (Å²) in [6.45, 7) is 0. The van der Waals surface area contributed by atoms with E-state index >= 15 is 0 Å². The largest absolute Gasteiger partial charge is 0.278 e. The van der Waals surface area contributed by atoms with Crippen LogP contribution in [-0.4, -0.2) is 19.5 Å². The second kappa shape index (κ2) is 11.9. The van der Waals surface area contributed by atoms with Gasteiger partial charge in [0.2, 0.25) is 5.95 Å². The molecule has 0 spiro atoms. The summed E-state index contributed by atoms with van der Waals surface area (Å²) >= 11 is 0. The predicted molar refractivity (Wildman–Crippen MR) is 211 cm³/mol. The van der Waals surface area contributed by atoms with Crippen molar-refractivity contribution < 1.29 is 0 Å². The first-order valence-electron chi connectivity index (χ1n) is 17.2. The van der Waals surface area contributed by atoms with E-state index in [1.54, 1.807) is 0 Å². The number of benzene rings is 8. The monoisotopic (exact) mass is 650 g/mol. The van der Waals surface area contributed by atoms with E-state index in [2.05, 4.69) is 126 Å². The zero-order chi connectivity index (χ0) is 33.7. The number of fused-ring (bicyclic) bond motifs is 6. The molecule has 0 atom stereocenters. The van der Waals surface area contributed by atoms with Crippen molar-refractivity contribution >= 4 is 43.4 Å². The predicted octanol–water partition coefficient (Wildman–Crippen LogP) is 11.9. The maximum atomic E-state index is 5.11. The van der Waals surface area contributed by atoms with Crippen molar-refractivity contribution in [2.45, 2.75) is 0 Å². The van der Waals surface area contributed by atoms with Gasteiger partial charge in [-0.1, -0.05) is 152 Å². The molecule has 2 heterocycles. The van der Waals surface area contributed by atoms with Gasteiger partial charge in [0.25, 0.3) is 0 Å². The van der Waals surface area contributed by atoms with E-state index in [0.29, 0.717) is 17.6 Å². The fourth-order valence-corrected chi connectivity index (χ4v) is 7.32. The zero-order valence-electron chi connectivity index (χ0n) is 27.6. The Bertz CT molecular complexity index is 2840. The first-order chi connectivity index (χ1) is 25.3. The Labute approximate surface area is 295 Å². The molecule has 0 unspecified atom stereocenters. The van der Waals surface area contributed by atoms with Gasteiger partial charge in [0.05, 0.1) is 11.0 Å². The maximum absolute atomic E-state index is 5.11. The Morgan fingerprint density at radius 2 is 0.804 bits per heavy atom. The lowest BCUT2D eigenvalue weighted by Crippen LogP contribution is -2.06. The molecule has 10 rings (SSSR count). The topological polar surface area (TPSA) is 43.6 Å². The van der Waals surface area contributed by atoms with Crippen LogP contribution in [0.2, 0.25) is 0 Å². The van der Waals surface area contributed by atoms with Crippen LogP contribution in [0.4, 0.5) is 0 Å². The van der Waals surface area contributed by atoms with Gasteiger partial charge in [-0.2, -0.15) is 9.97 Å². The second-order valence-electron chi connectivity index (χ2n) is 12.9. The highest BCUT2D eigenvalue weighted by molar-refractivity contribution is 6.21. The van der Waals surface area contributed by atoms with Crippen molar-refractivity contribution in [3.8, 4) is 51.0 Å².